The molecule has 0 unspecified atom stereocenters. The van der Waals surface area contributed by atoms with E-state index in [0.29, 0.717) is 6.61 Å². The van der Waals surface area contributed by atoms with Gasteiger partial charge in [-0.25, -0.2) is 0 Å². The molecule has 1 aliphatic carbocycles. The highest BCUT2D eigenvalue weighted by Crippen LogP contribution is 2.39. The summed E-state index contributed by atoms with van der Waals surface area (Å²) in [5.41, 5.74) is 7.35. The van der Waals surface area contributed by atoms with Gasteiger partial charge in [0.1, 0.15) is 11.5 Å². The highest BCUT2D eigenvalue weighted by atomic mass is 16.5. The van der Waals surface area contributed by atoms with E-state index in [9.17, 15) is 0 Å². The Morgan fingerprint density at radius 3 is 2.59 bits per heavy atom. The van der Waals surface area contributed by atoms with Crippen LogP contribution >= 0.6 is 0 Å². The monoisotopic (exact) mass is 235 g/mol. The summed E-state index contributed by atoms with van der Waals surface area (Å²) in [5, 5.41) is 0. The van der Waals surface area contributed by atoms with Crippen molar-refractivity contribution in [1.29, 1.82) is 0 Å². The lowest BCUT2D eigenvalue weighted by atomic mass is 10.0. The predicted molar refractivity (Wildman–Crippen MR) is 68.6 cm³/mol. The number of ether oxygens (including phenoxy) is 2. The Labute approximate surface area is 103 Å². The highest BCUT2D eigenvalue weighted by molar-refractivity contribution is 5.45. The van der Waals surface area contributed by atoms with E-state index in [1.54, 1.807) is 7.11 Å². The van der Waals surface area contributed by atoms with E-state index >= 15 is 0 Å². The molecule has 0 heterocycles. The smallest absolute Gasteiger partial charge is 0.126 e. The summed E-state index contributed by atoms with van der Waals surface area (Å²) in [6.45, 7) is 2.67. The van der Waals surface area contributed by atoms with Crippen LogP contribution in [0, 0.1) is 0 Å². The van der Waals surface area contributed by atoms with Crippen LogP contribution in [0.1, 0.15) is 31.7 Å². The van der Waals surface area contributed by atoms with Gasteiger partial charge in [0, 0.05) is 11.1 Å². The molecular weight excluding hydrogens is 214 g/mol. The minimum absolute atomic E-state index is 0.0737. The minimum Gasteiger partial charge on any atom is -0.496 e. The number of hydrogen-bond acceptors (Lipinski definition) is 3. The maximum atomic E-state index is 6.13. The molecule has 0 spiro atoms. The number of nitrogens with two attached hydrogens (primary N) is 1. The van der Waals surface area contributed by atoms with Crippen molar-refractivity contribution in [1.82, 2.24) is 0 Å². The first-order valence-corrected chi connectivity index (χ1v) is 6.26. The molecule has 1 aromatic rings. The molecule has 0 bridgehead atoms. The van der Waals surface area contributed by atoms with Crippen molar-refractivity contribution in [3.05, 3.63) is 23.8 Å². The average Bonchev–Trinajstić information content (AvgIpc) is 3.06. The second-order valence-electron chi connectivity index (χ2n) is 4.73. The van der Waals surface area contributed by atoms with Crippen LogP contribution in [0.25, 0.3) is 0 Å². The SMILES string of the molecule is CCOc1cccc(OC)c1CCC1(N)CC1. The molecule has 3 heteroatoms. The summed E-state index contributed by atoms with van der Waals surface area (Å²) in [6, 6.07) is 5.94. The second kappa shape index (κ2) is 4.96. The minimum atomic E-state index is 0.0737. The van der Waals surface area contributed by atoms with E-state index in [0.717, 1.165) is 42.7 Å². The molecule has 0 atom stereocenters. The number of hydrogen-bond donors (Lipinski definition) is 1. The Balaban J connectivity index is 2.15. The van der Waals surface area contributed by atoms with E-state index in [1.807, 2.05) is 25.1 Å². The zero-order chi connectivity index (χ0) is 12.3. The van der Waals surface area contributed by atoms with Gasteiger partial charge >= 0.3 is 0 Å². The van der Waals surface area contributed by atoms with Gasteiger partial charge in [-0.1, -0.05) is 6.07 Å². The molecule has 0 saturated heterocycles. The Hall–Kier alpha value is -1.22. The maximum Gasteiger partial charge on any atom is 0.126 e. The fraction of sp³-hybridized carbons (Fsp3) is 0.571. The first kappa shape index (κ1) is 12.2. The van der Waals surface area contributed by atoms with Gasteiger partial charge in [0.15, 0.2) is 0 Å². The van der Waals surface area contributed by atoms with Crippen LogP contribution in [0.3, 0.4) is 0 Å². The molecule has 0 aromatic heterocycles. The Kier molecular flexibility index (Phi) is 3.57. The molecule has 0 radical (unpaired) electrons. The third-order valence-electron chi connectivity index (χ3n) is 3.37. The summed E-state index contributed by atoms with van der Waals surface area (Å²) < 4.78 is 11.0. The molecule has 2 rings (SSSR count). The van der Waals surface area contributed by atoms with Crippen molar-refractivity contribution in [2.75, 3.05) is 13.7 Å². The summed E-state index contributed by atoms with van der Waals surface area (Å²) in [6.07, 6.45) is 4.22. The van der Waals surface area contributed by atoms with E-state index < -0.39 is 0 Å². The van der Waals surface area contributed by atoms with E-state index in [2.05, 4.69) is 0 Å². The number of rotatable bonds is 6. The predicted octanol–water partition coefficient (Wildman–Crippen LogP) is 2.52. The topological polar surface area (TPSA) is 44.5 Å². The summed E-state index contributed by atoms with van der Waals surface area (Å²) >= 11 is 0. The fourth-order valence-corrected chi connectivity index (χ4v) is 2.06. The summed E-state index contributed by atoms with van der Waals surface area (Å²) in [4.78, 5) is 0. The summed E-state index contributed by atoms with van der Waals surface area (Å²) in [7, 11) is 1.70. The molecule has 1 aromatic carbocycles. The van der Waals surface area contributed by atoms with Crippen molar-refractivity contribution < 1.29 is 9.47 Å². The van der Waals surface area contributed by atoms with Gasteiger partial charge in [-0.3, -0.25) is 0 Å². The molecule has 1 saturated carbocycles. The third-order valence-corrected chi connectivity index (χ3v) is 3.37. The lowest BCUT2D eigenvalue weighted by Gasteiger charge is -2.15. The van der Waals surface area contributed by atoms with E-state index in [-0.39, 0.29) is 5.54 Å². The van der Waals surface area contributed by atoms with Crippen molar-refractivity contribution >= 4 is 0 Å². The van der Waals surface area contributed by atoms with Crippen LogP contribution in [0.15, 0.2) is 18.2 Å². The Bertz CT molecular complexity index is 386. The van der Waals surface area contributed by atoms with Gasteiger partial charge in [0.2, 0.25) is 0 Å². The lowest BCUT2D eigenvalue weighted by Crippen LogP contribution is -2.22. The van der Waals surface area contributed by atoms with Crippen LogP contribution in [-0.2, 0) is 6.42 Å². The zero-order valence-corrected chi connectivity index (χ0v) is 10.7. The second-order valence-corrected chi connectivity index (χ2v) is 4.73. The molecule has 3 nitrogen and oxygen atoms in total. The standard InChI is InChI=1S/C14H21NO2/c1-3-17-13-6-4-5-12(16-2)11(13)7-8-14(15)9-10-14/h4-6H,3,7-10,15H2,1-2H3. The van der Waals surface area contributed by atoms with Gasteiger partial charge in [0.05, 0.1) is 13.7 Å². The largest absolute Gasteiger partial charge is 0.496 e. The Morgan fingerprint density at radius 2 is 2.00 bits per heavy atom. The third kappa shape index (κ3) is 2.91. The first-order chi connectivity index (χ1) is 8.18. The van der Waals surface area contributed by atoms with Gasteiger partial charge in [-0.15, -0.1) is 0 Å². The van der Waals surface area contributed by atoms with Crippen LogP contribution in [0.5, 0.6) is 11.5 Å². The van der Waals surface area contributed by atoms with Crippen molar-refractivity contribution in [3.8, 4) is 11.5 Å². The lowest BCUT2D eigenvalue weighted by molar-refractivity contribution is 0.330. The number of methoxy groups -OCH3 is 1. The Morgan fingerprint density at radius 1 is 1.29 bits per heavy atom. The average molecular weight is 235 g/mol. The van der Waals surface area contributed by atoms with E-state index in [1.165, 1.54) is 0 Å². The van der Waals surface area contributed by atoms with Crippen LogP contribution < -0.4 is 15.2 Å². The molecule has 2 N–H and O–H groups in total. The highest BCUT2D eigenvalue weighted by Gasteiger charge is 2.37. The molecular formula is C14H21NO2. The number of benzene rings is 1. The molecule has 17 heavy (non-hydrogen) atoms. The van der Waals surface area contributed by atoms with Gasteiger partial charge in [0.25, 0.3) is 0 Å². The maximum absolute atomic E-state index is 6.13. The van der Waals surface area contributed by atoms with Crippen molar-refractivity contribution in [2.24, 2.45) is 5.73 Å². The molecule has 0 amide bonds. The molecule has 1 fully saturated rings. The molecule has 1 aliphatic rings. The molecule has 94 valence electrons. The zero-order valence-electron chi connectivity index (χ0n) is 10.7. The van der Waals surface area contributed by atoms with Crippen LogP contribution in [0.4, 0.5) is 0 Å². The first-order valence-electron chi connectivity index (χ1n) is 6.26. The van der Waals surface area contributed by atoms with Gasteiger partial charge in [-0.05, 0) is 44.7 Å². The normalized spacial score (nSPS) is 16.6. The van der Waals surface area contributed by atoms with Crippen molar-refractivity contribution in [3.63, 3.8) is 0 Å². The summed E-state index contributed by atoms with van der Waals surface area (Å²) in [5.74, 6) is 1.83. The fourth-order valence-electron chi connectivity index (χ4n) is 2.06. The van der Waals surface area contributed by atoms with E-state index in [4.69, 9.17) is 15.2 Å². The molecule has 0 aliphatic heterocycles. The van der Waals surface area contributed by atoms with Gasteiger partial charge in [-0.2, -0.15) is 0 Å². The van der Waals surface area contributed by atoms with Crippen molar-refractivity contribution in [2.45, 2.75) is 38.1 Å². The van der Waals surface area contributed by atoms with Crippen LogP contribution in [-0.4, -0.2) is 19.3 Å². The van der Waals surface area contributed by atoms with Gasteiger partial charge < -0.3 is 15.2 Å². The quantitative estimate of drug-likeness (QED) is 0.824. The van der Waals surface area contributed by atoms with Crippen LogP contribution in [0.2, 0.25) is 0 Å².